The van der Waals surface area contributed by atoms with E-state index in [0.717, 1.165) is 9.35 Å². The van der Waals surface area contributed by atoms with Crippen LogP contribution < -0.4 is 5.32 Å². The quantitative estimate of drug-likeness (QED) is 0.824. The molecule has 1 fully saturated rings. The largest absolute Gasteiger partial charge is 0.296 e. The Bertz CT molecular complexity index is 715. The number of halogens is 2. The van der Waals surface area contributed by atoms with Crippen LogP contribution in [0.5, 0.6) is 0 Å². The molecule has 21 heavy (non-hydrogen) atoms. The minimum Gasteiger partial charge on any atom is -0.296 e. The van der Waals surface area contributed by atoms with E-state index in [4.69, 9.17) is 0 Å². The zero-order valence-corrected chi connectivity index (χ0v) is 13.2. The van der Waals surface area contributed by atoms with Gasteiger partial charge in [0.25, 0.3) is 0 Å². The minimum absolute atomic E-state index is 0.178. The molecule has 6 heteroatoms. The summed E-state index contributed by atoms with van der Waals surface area (Å²) in [5.74, 6) is -2.20. The lowest BCUT2D eigenvalue weighted by atomic mass is 9.79. The summed E-state index contributed by atoms with van der Waals surface area (Å²) >= 11 is 4.83. The first-order chi connectivity index (χ1) is 10.1. The Labute approximate surface area is 133 Å². The average molecular weight is 368 g/mol. The van der Waals surface area contributed by atoms with Gasteiger partial charge in [0, 0.05) is 32.6 Å². The number of benzene rings is 1. The van der Waals surface area contributed by atoms with E-state index in [9.17, 15) is 14.0 Å². The van der Waals surface area contributed by atoms with Gasteiger partial charge in [-0.25, -0.2) is 4.39 Å². The molecule has 1 aliphatic rings. The molecule has 2 aromatic rings. The van der Waals surface area contributed by atoms with E-state index in [0.29, 0.717) is 5.56 Å². The summed E-state index contributed by atoms with van der Waals surface area (Å²) < 4.78 is 15.0. The first-order valence-electron chi connectivity index (χ1n) is 6.38. The van der Waals surface area contributed by atoms with Crippen molar-refractivity contribution >= 4 is 39.1 Å². The summed E-state index contributed by atoms with van der Waals surface area (Å²) in [5.41, 5.74) is 0.331. The van der Waals surface area contributed by atoms with Crippen LogP contribution in [0.2, 0.25) is 0 Å². The van der Waals surface area contributed by atoms with Crippen molar-refractivity contribution in [1.29, 1.82) is 0 Å². The minimum atomic E-state index is -0.686. The van der Waals surface area contributed by atoms with Crippen LogP contribution in [0.15, 0.2) is 40.2 Å². The van der Waals surface area contributed by atoms with Gasteiger partial charge >= 0.3 is 0 Å². The molecular weight excluding hydrogens is 357 g/mol. The van der Waals surface area contributed by atoms with Crippen molar-refractivity contribution in [3.8, 4) is 0 Å². The number of hydrogen-bond acceptors (Lipinski definition) is 3. The van der Waals surface area contributed by atoms with E-state index >= 15 is 0 Å². The van der Waals surface area contributed by atoms with E-state index in [1.54, 1.807) is 18.2 Å². The predicted molar refractivity (Wildman–Crippen MR) is 81.7 cm³/mol. The molecule has 2 amide bonds. The lowest BCUT2D eigenvalue weighted by molar-refractivity contribution is -0.135. The monoisotopic (exact) mass is 367 g/mol. The highest BCUT2D eigenvalue weighted by molar-refractivity contribution is 9.10. The van der Waals surface area contributed by atoms with Crippen molar-refractivity contribution in [2.75, 3.05) is 0 Å². The number of carbonyl (C=O) groups is 2. The fourth-order valence-corrected chi connectivity index (χ4v) is 4.22. The molecule has 3 rings (SSSR count). The Morgan fingerprint density at radius 1 is 1.29 bits per heavy atom. The molecule has 2 atom stereocenters. The van der Waals surface area contributed by atoms with Gasteiger partial charge in [-0.3, -0.25) is 14.9 Å². The van der Waals surface area contributed by atoms with Crippen LogP contribution in [0.25, 0.3) is 0 Å². The van der Waals surface area contributed by atoms with Gasteiger partial charge in [-0.2, -0.15) is 0 Å². The number of carbonyl (C=O) groups excluding carboxylic acids is 2. The molecule has 0 radical (unpaired) electrons. The highest BCUT2D eigenvalue weighted by Crippen LogP contribution is 2.42. The van der Waals surface area contributed by atoms with Crippen molar-refractivity contribution in [1.82, 2.24) is 5.32 Å². The molecule has 2 heterocycles. The van der Waals surface area contributed by atoms with Gasteiger partial charge in [0.2, 0.25) is 11.8 Å². The van der Waals surface area contributed by atoms with E-state index < -0.39 is 17.6 Å². The SMILES string of the molecule is O=C1CC(c2cc(Br)cs2)C(c2ccccc2F)C(=O)N1. The highest BCUT2D eigenvalue weighted by Gasteiger charge is 2.39. The maximum Gasteiger partial charge on any atom is 0.234 e. The average Bonchev–Trinajstić information content (AvgIpc) is 2.86. The number of amides is 2. The molecule has 108 valence electrons. The van der Waals surface area contributed by atoms with Gasteiger partial charge in [0.15, 0.2) is 0 Å². The van der Waals surface area contributed by atoms with E-state index in [2.05, 4.69) is 21.2 Å². The van der Waals surface area contributed by atoms with Gasteiger partial charge in [-0.1, -0.05) is 18.2 Å². The third-order valence-electron chi connectivity index (χ3n) is 3.55. The Balaban J connectivity index is 2.07. The second-order valence-corrected chi connectivity index (χ2v) is 6.75. The zero-order valence-electron chi connectivity index (χ0n) is 10.8. The fourth-order valence-electron chi connectivity index (χ4n) is 2.64. The topological polar surface area (TPSA) is 46.2 Å². The van der Waals surface area contributed by atoms with Crippen molar-refractivity contribution < 1.29 is 14.0 Å². The highest BCUT2D eigenvalue weighted by atomic mass is 79.9. The molecule has 0 bridgehead atoms. The number of imide groups is 1. The molecule has 1 aromatic heterocycles. The van der Waals surface area contributed by atoms with Crippen LogP contribution in [-0.2, 0) is 9.59 Å². The van der Waals surface area contributed by atoms with Crippen molar-refractivity contribution in [3.63, 3.8) is 0 Å². The normalized spacial score (nSPS) is 22.2. The van der Waals surface area contributed by atoms with Crippen molar-refractivity contribution in [3.05, 3.63) is 56.4 Å². The van der Waals surface area contributed by atoms with Gasteiger partial charge in [0.1, 0.15) is 5.82 Å². The first kappa shape index (κ1) is 14.4. The second-order valence-electron chi connectivity index (χ2n) is 4.89. The summed E-state index contributed by atoms with van der Waals surface area (Å²) in [6.45, 7) is 0. The van der Waals surface area contributed by atoms with Gasteiger partial charge in [-0.05, 0) is 28.1 Å². The Hall–Kier alpha value is -1.53. The molecular formula is C15H11BrFNO2S. The molecule has 0 spiro atoms. The van der Waals surface area contributed by atoms with Crippen LogP contribution in [0.4, 0.5) is 4.39 Å². The van der Waals surface area contributed by atoms with Crippen LogP contribution >= 0.6 is 27.3 Å². The maximum atomic E-state index is 14.1. The smallest absolute Gasteiger partial charge is 0.234 e. The zero-order chi connectivity index (χ0) is 15.0. The van der Waals surface area contributed by atoms with Gasteiger partial charge in [0.05, 0.1) is 5.92 Å². The van der Waals surface area contributed by atoms with Crippen LogP contribution in [-0.4, -0.2) is 11.8 Å². The van der Waals surface area contributed by atoms with Crippen LogP contribution in [0, 0.1) is 5.82 Å². The Kier molecular flexibility index (Phi) is 3.91. The molecule has 1 aliphatic heterocycles. The van der Waals surface area contributed by atoms with Gasteiger partial charge in [-0.15, -0.1) is 11.3 Å². The lowest BCUT2D eigenvalue weighted by Gasteiger charge is -2.29. The van der Waals surface area contributed by atoms with Crippen LogP contribution in [0.1, 0.15) is 28.7 Å². The van der Waals surface area contributed by atoms with E-state index in [-0.39, 0.29) is 18.2 Å². The Morgan fingerprint density at radius 2 is 2.05 bits per heavy atom. The molecule has 2 unspecified atom stereocenters. The third-order valence-corrected chi connectivity index (χ3v) is 5.37. The van der Waals surface area contributed by atoms with Gasteiger partial charge < -0.3 is 0 Å². The van der Waals surface area contributed by atoms with Crippen molar-refractivity contribution in [2.45, 2.75) is 18.3 Å². The lowest BCUT2D eigenvalue weighted by Crippen LogP contribution is -2.43. The maximum absolute atomic E-state index is 14.1. The summed E-state index contributed by atoms with van der Waals surface area (Å²) in [6.07, 6.45) is 0.178. The number of piperidine rings is 1. The molecule has 1 aromatic carbocycles. The van der Waals surface area contributed by atoms with E-state index in [1.807, 2.05) is 11.4 Å². The first-order valence-corrected chi connectivity index (χ1v) is 8.05. The number of rotatable bonds is 2. The fraction of sp³-hybridized carbons (Fsp3) is 0.200. The molecule has 0 aliphatic carbocycles. The second kappa shape index (κ2) is 5.69. The molecule has 0 saturated carbocycles. The third kappa shape index (κ3) is 2.78. The summed E-state index contributed by atoms with van der Waals surface area (Å²) in [4.78, 5) is 24.8. The number of nitrogens with one attached hydrogen (secondary N) is 1. The summed E-state index contributed by atoms with van der Waals surface area (Å²) in [6, 6.07) is 8.10. The molecule has 3 nitrogen and oxygen atoms in total. The molecule has 1 saturated heterocycles. The van der Waals surface area contributed by atoms with Crippen molar-refractivity contribution in [2.24, 2.45) is 0 Å². The number of thiophene rings is 1. The summed E-state index contributed by atoms with van der Waals surface area (Å²) in [7, 11) is 0. The van der Waals surface area contributed by atoms with E-state index in [1.165, 1.54) is 17.4 Å². The standard InChI is InChI=1S/C15H11BrFNO2S/c16-8-5-12(21-7-8)10-6-13(19)18-15(20)14(10)9-3-1-2-4-11(9)17/h1-5,7,10,14H,6H2,(H,18,19,20). The predicted octanol–water partition coefficient (Wildman–Crippen LogP) is 3.56. The summed E-state index contributed by atoms with van der Waals surface area (Å²) in [5, 5.41) is 4.20. The molecule has 1 N–H and O–H groups in total. The Morgan fingerprint density at radius 3 is 2.71 bits per heavy atom. The number of hydrogen-bond donors (Lipinski definition) is 1. The van der Waals surface area contributed by atoms with Crippen LogP contribution in [0.3, 0.4) is 0 Å².